The van der Waals surface area contributed by atoms with Crippen molar-refractivity contribution in [2.24, 2.45) is 0 Å². The van der Waals surface area contributed by atoms with Crippen molar-refractivity contribution in [2.75, 3.05) is 18.5 Å². The normalized spacial score (nSPS) is 10.8. The number of nitrogens with zero attached hydrogens (tertiary/aromatic N) is 1. The topological polar surface area (TPSA) is 91.2 Å². The average molecular weight is 494 g/mol. The van der Waals surface area contributed by atoms with E-state index in [0.717, 1.165) is 12.0 Å². The number of halogens is 2. The number of hydrogen-bond donors (Lipinski definition) is 2. The fourth-order valence-corrected chi connectivity index (χ4v) is 3.24. The molecule has 3 aromatic carbocycles. The molecular weight excluding hydrogens is 473 g/mol. The molecule has 34 heavy (non-hydrogen) atoms. The number of nitrogens with one attached hydrogen (secondary N) is 2. The van der Waals surface area contributed by atoms with Crippen LogP contribution in [-0.4, -0.2) is 25.0 Å². The first-order valence-electron chi connectivity index (χ1n) is 10.4. The fourth-order valence-electron chi connectivity index (χ4n) is 2.94. The average Bonchev–Trinajstić information content (AvgIpc) is 2.85. The lowest BCUT2D eigenvalue weighted by molar-refractivity contribution is -0.123. The van der Waals surface area contributed by atoms with Crippen LogP contribution in [0.25, 0.3) is 6.08 Å². The summed E-state index contributed by atoms with van der Waals surface area (Å²) in [6, 6.07) is 23.1. The van der Waals surface area contributed by atoms with Crippen LogP contribution in [0.3, 0.4) is 0 Å². The highest BCUT2D eigenvalue weighted by Crippen LogP contribution is 2.25. The van der Waals surface area contributed by atoms with Crippen LogP contribution in [0.5, 0.6) is 5.75 Å². The van der Waals surface area contributed by atoms with Gasteiger partial charge in [-0.25, -0.2) is 0 Å². The van der Waals surface area contributed by atoms with Gasteiger partial charge in [-0.2, -0.15) is 5.26 Å². The van der Waals surface area contributed by atoms with E-state index in [1.54, 1.807) is 36.4 Å². The third-order valence-corrected chi connectivity index (χ3v) is 5.42. The molecule has 0 fully saturated rings. The maximum Gasteiger partial charge on any atom is 0.266 e. The molecule has 8 heteroatoms. The minimum absolute atomic E-state index is 0.0856. The number of nitriles is 1. The Morgan fingerprint density at radius 2 is 1.71 bits per heavy atom. The lowest BCUT2D eigenvalue weighted by Gasteiger charge is -2.08. The molecule has 0 aliphatic heterocycles. The molecule has 0 atom stereocenters. The summed E-state index contributed by atoms with van der Waals surface area (Å²) in [7, 11) is 0. The van der Waals surface area contributed by atoms with Gasteiger partial charge < -0.3 is 15.4 Å². The zero-order valence-corrected chi connectivity index (χ0v) is 19.6. The van der Waals surface area contributed by atoms with E-state index in [0.29, 0.717) is 33.6 Å². The summed E-state index contributed by atoms with van der Waals surface area (Å²) < 4.78 is 5.50. The van der Waals surface area contributed by atoms with Crippen molar-refractivity contribution in [2.45, 2.75) is 6.42 Å². The number of carbonyl (C=O) groups is 2. The van der Waals surface area contributed by atoms with E-state index in [-0.39, 0.29) is 18.1 Å². The molecule has 0 bridgehead atoms. The van der Waals surface area contributed by atoms with Crippen molar-refractivity contribution in [1.29, 1.82) is 5.26 Å². The van der Waals surface area contributed by atoms with Gasteiger partial charge in [0.05, 0.1) is 10.0 Å². The third kappa shape index (κ3) is 7.66. The molecule has 172 valence electrons. The molecule has 0 radical (unpaired) electrons. The van der Waals surface area contributed by atoms with Crippen molar-refractivity contribution in [3.8, 4) is 11.8 Å². The predicted molar refractivity (Wildman–Crippen MR) is 134 cm³/mol. The molecule has 0 aliphatic rings. The minimum Gasteiger partial charge on any atom is -0.484 e. The van der Waals surface area contributed by atoms with E-state index in [2.05, 4.69) is 10.6 Å². The van der Waals surface area contributed by atoms with Crippen LogP contribution in [0.1, 0.15) is 11.1 Å². The number of anilines is 1. The zero-order chi connectivity index (χ0) is 24.3. The monoisotopic (exact) mass is 493 g/mol. The van der Waals surface area contributed by atoms with Crippen LogP contribution in [-0.2, 0) is 16.0 Å². The number of rotatable bonds is 9. The molecule has 3 rings (SSSR count). The van der Waals surface area contributed by atoms with Crippen molar-refractivity contribution in [1.82, 2.24) is 5.32 Å². The molecule has 0 unspecified atom stereocenters. The number of benzene rings is 3. The van der Waals surface area contributed by atoms with E-state index in [9.17, 15) is 14.9 Å². The van der Waals surface area contributed by atoms with Crippen LogP contribution in [0.2, 0.25) is 10.0 Å². The molecule has 0 aliphatic carbocycles. The van der Waals surface area contributed by atoms with Crippen LogP contribution in [0, 0.1) is 11.3 Å². The quantitative estimate of drug-likeness (QED) is 0.313. The minimum atomic E-state index is -0.576. The summed E-state index contributed by atoms with van der Waals surface area (Å²) in [6.07, 6.45) is 2.19. The van der Waals surface area contributed by atoms with Crippen LogP contribution < -0.4 is 15.4 Å². The standard InChI is InChI=1S/C26H21Cl2N3O3/c27-23-11-8-21(15-24(23)28)31-26(33)20(16-29)14-19-6-9-22(10-7-19)34-17-25(32)30-13-12-18-4-2-1-3-5-18/h1-11,14-15H,12-13,17H2,(H,30,32)(H,31,33)/b20-14+. The van der Waals surface area contributed by atoms with Crippen molar-refractivity contribution in [3.05, 3.63) is 99.5 Å². The molecule has 0 heterocycles. The molecule has 0 saturated heterocycles. The first-order chi connectivity index (χ1) is 16.4. The first-order valence-corrected chi connectivity index (χ1v) is 11.1. The van der Waals surface area contributed by atoms with E-state index in [1.807, 2.05) is 36.4 Å². The Balaban J connectivity index is 1.50. The molecular formula is C26H21Cl2N3O3. The highest BCUT2D eigenvalue weighted by molar-refractivity contribution is 6.42. The van der Waals surface area contributed by atoms with Crippen LogP contribution >= 0.6 is 23.2 Å². The third-order valence-electron chi connectivity index (χ3n) is 4.68. The summed E-state index contributed by atoms with van der Waals surface area (Å²) in [5.41, 5.74) is 2.11. The van der Waals surface area contributed by atoms with Gasteiger partial charge in [-0.3, -0.25) is 9.59 Å². The summed E-state index contributed by atoms with van der Waals surface area (Å²) in [4.78, 5) is 24.4. The number of ether oxygens (including phenoxy) is 1. The van der Waals surface area contributed by atoms with Crippen LogP contribution in [0.4, 0.5) is 5.69 Å². The number of carbonyl (C=O) groups excluding carboxylic acids is 2. The van der Waals surface area contributed by atoms with Crippen molar-refractivity contribution < 1.29 is 14.3 Å². The largest absolute Gasteiger partial charge is 0.484 e. The number of amides is 2. The van der Waals surface area contributed by atoms with Gasteiger partial charge in [0.2, 0.25) is 0 Å². The smallest absolute Gasteiger partial charge is 0.266 e. The Labute approximate surface area is 207 Å². The maximum atomic E-state index is 12.4. The Morgan fingerprint density at radius 3 is 2.38 bits per heavy atom. The molecule has 2 N–H and O–H groups in total. The van der Waals surface area contributed by atoms with Gasteiger partial charge in [0.1, 0.15) is 17.4 Å². The second-order valence-electron chi connectivity index (χ2n) is 7.20. The molecule has 0 aromatic heterocycles. The summed E-state index contributed by atoms with van der Waals surface area (Å²) in [6.45, 7) is 0.413. The second-order valence-corrected chi connectivity index (χ2v) is 8.01. The van der Waals surface area contributed by atoms with Crippen LogP contribution in [0.15, 0.2) is 78.4 Å². The Morgan fingerprint density at radius 1 is 0.971 bits per heavy atom. The Bertz CT molecular complexity index is 1220. The van der Waals surface area contributed by atoms with Gasteiger partial charge in [-0.15, -0.1) is 0 Å². The zero-order valence-electron chi connectivity index (χ0n) is 18.1. The summed E-state index contributed by atoms with van der Waals surface area (Å²) in [5.74, 6) is -0.298. The Kier molecular flexibility index (Phi) is 9.10. The first kappa shape index (κ1) is 24.8. The molecule has 2 amide bonds. The maximum absolute atomic E-state index is 12.4. The van der Waals surface area contributed by atoms with E-state index in [1.165, 1.54) is 12.1 Å². The predicted octanol–water partition coefficient (Wildman–Crippen LogP) is 5.28. The van der Waals surface area contributed by atoms with E-state index in [4.69, 9.17) is 27.9 Å². The fraction of sp³-hybridized carbons (Fsp3) is 0.115. The highest BCUT2D eigenvalue weighted by Gasteiger charge is 2.11. The van der Waals surface area contributed by atoms with Gasteiger partial charge in [-0.05, 0) is 54.0 Å². The summed E-state index contributed by atoms with van der Waals surface area (Å²) >= 11 is 11.8. The summed E-state index contributed by atoms with van der Waals surface area (Å²) in [5, 5.41) is 15.5. The number of hydrogen-bond acceptors (Lipinski definition) is 4. The molecule has 3 aromatic rings. The van der Waals surface area contributed by atoms with Crippen molar-refractivity contribution >= 4 is 46.8 Å². The molecule has 6 nitrogen and oxygen atoms in total. The molecule has 0 spiro atoms. The highest BCUT2D eigenvalue weighted by atomic mass is 35.5. The van der Waals surface area contributed by atoms with Gasteiger partial charge in [0.15, 0.2) is 6.61 Å². The lowest BCUT2D eigenvalue weighted by atomic mass is 10.1. The van der Waals surface area contributed by atoms with Gasteiger partial charge >= 0.3 is 0 Å². The van der Waals surface area contributed by atoms with E-state index < -0.39 is 5.91 Å². The van der Waals surface area contributed by atoms with E-state index >= 15 is 0 Å². The SMILES string of the molecule is N#C/C(=C\c1ccc(OCC(=O)NCCc2ccccc2)cc1)C(=O)Nc1ccc(Cl)c(Cl)c1. The lowest BCUT2D eigenvalue weighted by Crippen LogP contribution is -2.30. The Hall–Kier alpha value is -3.79. The van der Waals surface area contributed by atoms with Gasteiger partial charge in [0, 0.05) is 12.2 Å². The van der Waals surface area contributed by atoms with Gasteiger partial charge in [-0.1, -0.05) is 65.7 Å². The second kappa shape index (κ2) is 12.4. The molecule has 0 saturated carbocycles. The van der Waals surface area contributed by atoms with Crippen molar-refractivity contribution in [3.63, 3.8) is 0 Å². The van der Waals surface area contributed by atoms with Gasteiger partial charge in [0.25, 0.3) is 11.8 Å².